The van der Waals surface area contributed by atoms with Gasteiger partial charge in [0.25, 0.3) is 0 Å². The number of hydrogen-bond donors (Lipinski definition) is 1. The Labute approximate surface area is 141 Å². The van der Waals surface area contributed by atoms with Gasteiger partial charge >= 0.3 is 0 Å². The average Bonchev–Trinajstić information content (AvgIpc) is 2.84. The third kappa shape index (κ3) is 3.35. The summed E-state index contributed by atoms with van der Waals surface area (Å²) in [7, 11) is 0. The van der Waals surface area contributed by atoms with E-state index in [1.807, 2.05) is 30.3 Å². The molecule has 24 heavy (non-hydrogen) atoms. The fourth-order valence-electron chi connectivity index (χ4n) is 2.21. The molecule has 0 fully saturated rings. The van der Waals surface area contributed by atoms with Gasteiger partial charge in [0.1, 0.15) is 11.6 Å². The number of ether oxygens (including phenoxy) is 1. The van der Waals surface area contributed by atoms with Crippen LogP contribution < -0.4 is 5.73 Å². The van der Waals surface area contributed by atoms with Crippen LogP contribution in [-0.4, -0.2) is 5.78 Å². The lowest BCUT2D eigenvalue weighted by atomic mass is 10.1. The van der Waals surface area contributed by atoms with Gasteiger partial charge in [-0.1, -0.05) is 30.3 Å². The van der Waals surface area contributed by atoms with E-state index >= 15 is 0 Å². The Kier molecular flexibility index (Phi) is 4.71. The fraction of sp³-hybridized carbons (Fsp3) is 0.118. The minimum absolute atomic E-state index is 0.0870. The summed E-state index contributed by atoms with van der Waals surface area (Å²) in [6.45, 7) is 0. The van der Waals surface area contributed by atoms with Gasteiger partial charge in [0, 0.05) is 11.6 Å². The van der Waals surface area contributed by atoms with Crippen molar-refractivity contribution >= 4 is 17.8 Å². The van der Waals surface area contributed by atoms with Crippen molar-refractivity contribution in [1.29, 1.82) is 0 Å². The molecule has 0 spiro atoms. The monoisotopic (exact) mass is 349 g/mol. The lowest BCUT2D eigenvalue weighted by molar-refractivity contribution is -0.123. The van der Waals surface area contributed by atoms with Gasteiger partial charge in [-0.05, 0) is 17.7 Å². The summed E-state index contributed by atoms with van der Waals surface area (Å²) < 4.78 is 37.4. The molecule has 0 saturated heterocycles. The predicted molar refractivity (Wildman–Crippen MR) is 85.2 cm³/mol. The maximum Gasteiger partial charge on any atom is 0.249 e. The molecule has 0 amide bonds. The quantitative estimate of drug-likeness (QED) is 0.836. The summed E-state index contributed by atoms with van der Waals surface area (Å²) in [6.07, 6.45) is -1.27. The van der Waals surface area contributed by atoms with Crippen molar-refractivity contribution in [2.45, 2.75) is 11.9 Å². The SMILES string of the molecule is NC1=C(OSCc2ccccc2)C(=O)C(c2ccc(F)cc2F)O1. The van der Waals surface area contributed by atoms with Gasteiger partial charge in [-0.3, -0.25) is 4.79 Å². The molecule has 0 bridgehead atoms. The van der Waals surface area contributed by atoms with Crippen LogP contribution >= 0.6 is 12.0 Å². The molecule has 2 aromatic carbocycles. The molecule has 0 saturated carbocycles. The van der Waals surface area contributed by atoms with Crippen LogP contribution in [0.4, 0.5) is 8.78 Å². The minimum Gasteiger partial charge on any atom is -0.460 e. The number of carbonyl (C=O) groups is 1. The van der Waals surface area contributed by atoms with E-state index in [0.29, 0.717) is 11.8 Å². The molecule has 3 rings (SSSR count). The molecular weight excluding hydrogens is 336 g/mol. The maximum absolute atomic E-state index is 13.8. The number of Topliss-reactive ketones (excluding diaryl/α,β-unsaturated/α-hetero) is 1. The van der Waals surface area contributed by atoms with E-state index in [2.05, 4.69) is 0 Å². The van der Waals surface area contributed by atoms with E-state index in [0.717, 1.165) is 29.7 Å². The second-order valence-electron chi connectivity index (χ2n) is 5.05. The highest BCUT2D eigenvalue weighted by molar-refractivity contribution is 7.94. The van der Waals surface area contributed by atoms with Gasteiger partial charge < -0.3 is 14.7 Å². The number of hydrogen-bond acceptors (Lipinski definition) is 5. The van der Waals surface area contributed by atoms with E-state index in [1.54, 1.807) is 0 Å². The predicted octanol–water partition coefficient (Wildman–Crippen LogP) is 3.60. The average molecular weight is 349 g/mol. The van der Waals surface area contributed by atoms with Gasteiger partial charge in [0.15, 0.2) is 6.10 Å². The number of ketones is 1. The Hall–Kier alpha value is -2.54. The zero-order valence-electron chi connectivity index (χ0n) is 12.4. The molecule has 1 aliphatic rings. The van der Waals surface area contributed by atoms with Crippen LogP contribution in [0, 0.1) is 11.6 Å². The van der Waals surface area contributed by atoms with Gasteiger partial charge in [0.2, 0.25) is 17.4 Å². The second kappa shape index (κ2) is 6.92. The molecule has 2 N–H and O–H groups in total. The van der Waals surface area contributed by atoms with Crippen molar-refractivity contribution in [2.24, 2.45) is 5.73 Å². The number of carbonyl (C=O) groups excluding carboxylic acids is 1. The number of nitrogens with two attached hydrogens (primary N) is 1. The Balaban J connectivity index is 1.67. The minimum atomic E-state index is -1.27. The van der Waals surface area contributed by atoms with Crippen LogP contribution in [0.1, 0.15) is 17.2 Å². The first-order valence-corrected chi connectivity index (χ1v) is 7.96. The number of rotatable bonds is 5. The van der Waals surface area contributed by atoms with Crippen LogP contribution in [0.15, 0.2) is 60.2 Å². The smallest absolute Gasteiger partial charge is 0.249 e. The van der Waals surface area contributed by atoms with Crippen molar-refractivity contribution in [2.75, 3.05) is 0 Å². The Morgan fingerprint density at radius 3 is 2.62 bits per heavy atom. The molecule has 1 heterocycles. The molecule has 1 aliphatic heterocycles. The van der Waals surface area contributed by atoms with Crippen molar-refractivity contribution in [3.63, 3.8) is 0 Å². The summed E-state index contributed by atoms with van der Waals surface area (Å²) in [5.41, 5.74) is 6.58. The molecule has 1 atom stereocenters. The highest BCUT2D eigenvalue weighted by Gasteiger charge is 2.39. The molecule has 0 aliphatic carbocycles. The molecule has 4 nitrogen and oxygen atoms in total. The summed E-state index contributed by atoms with van der Waals surface area (Å²) >= 11 is 1.02. The third-order valence-corrected chi connectivity index (χ3v) is 4.12. The molecule has 124 valence electrons. The van der Waals surface area contributed by atoms with Crippen molar-refractivity contribution in [3.8, 4) is 0 Å². The van der Waals surface area contributed by atoms with Gasteiger partial charge in [-0.15, -0.1) is 0 Å². The zero-order valence-corrected chi connectivity index (χ0v) is 13.2. The van der Waals surface area contributed by atoms with Gasteiger partial charge in [-0.2, -0.15) is 0 Å². The lowest BCUT2D eigenvalue weighted by Crippen LogP contribution is -2.12. The first-order chi connectivity index (χ1) is 11.6. The second-order valence-corrected chi connectivity index (χ2v) is 5.74. The summed E-state index contributed by atoms with van der Waals surface area (Å²) in [6, 6.07) is 12.4. The first kappa shape index (κ1) is 16.3. The van der Waals surface area contributed by atoms with E-state index in [1.165, 1.54) is 0 Å². The fourth-order valence-corrected chi connectivity index (χ4v) is 2.88. The van der Waals surface area contributed by atoms with Crippen molar-refractivity contribution < 1.29 is 22.5 Å². The first-order valence-electron chi connectivity index (χ1n) is 7.05. The van der Waals surface area contributed by atoms with E-state index in [9.17, 15) is 13.6 Å². The van der Waals surface area contributed by atoms with Gasteiger partial charge in [0.05, 0.1) is 17.8 Å². The van der Waals surface area contributed by atoms with E-state index in [-0.39, 0.29) is 17.2 Å². The highest BCUT2D eigenvalue weighted by Crippen LogP contribution is 2.35. The zero-order chi connectivity index (χ0) is 17.1. The number of halogens is 2. The van der Waals surface area contributed by atoms with Crippen LogP contribution in [0.25, 0.3) is 0 Å². The van der Waals surface area contributed by atoms with Gasteiger partial charge in [-0.25, -0.2) is 8.78 Å². The number of benzene rings is 2. The largest absolute Gasteiger partial charge is 0.460 e. The summed E-state index contributed by atoms with van der Waals surface area (Å²) in [4.78, 5) is 12.3. The third-order valence-electron chi connectivity index (χ3n) is 3.39. The molecular formula is C17H13F2NO3S. The Bertz CT molecular complexity index is 796. The molecule has 1 unspecified atom stereocenters. The maximum atomic E-state index is 13.8. The summed E-state index contributed by atoms with van der Waals surface area (Å²) in [5.74, 6) is -2.09. The standard InChI is InChI=1S/C17H13F2NO3S/c18-11-6-7-12(13(19)8-11)15-14(21)16(17(20)22-15)23-24-9-10-4-2-1-3-5-10/h1-8,15H,9,20H2. The topological polar surface area (TPSA) is 61.5 Å². The van der Waals surface area contributed by atoms with Crippen molar-refractivity contribution in [3.05, 3.63) is 82.9 Å². The van der Waals surface area contributed by atoms with E-state index in [4.69, 9.17) is 14.7 Å². The molecule has 2 aromatic rings. The normalized spacial score (nSPS) is 17.1. The summed E-state index contributed by atoms with van der Waals surface area (Å²) in [5, 5.41) is 0. The Morgan fingerprint density at radius 1 is 1.17 bits per heavy atom. The molecule has 0 aromatic heterocycles. The van der Waals surface area contributed by atoms with Crippen LogP contribution in [0.3, 0.4) is 0 Å². The Morgan fingerprint density at radius 2 is 1.92 bits per heavy atom. The van der Waals surface area contributed by atoms with E-state index < -0.39 is 23.5 Å². The molecule has 0 radical (unpaired) electrons. The van der Waals surface area contributed by atoms with Crippen molar-refractivity contribution in [1.82, 2.24) is 0 Å². The molecule has 7 heteroatoms. The van der Waals surface area contributed by atoms with Crippen LogP contribution in [-0.2, 0) is 19.5 Å². The van der Waals surface area contributed by atoms with Crippen LogP contribution in [0.5, 0.6) is 0 Å². The van der Waals surface area contributed by atoms with Crippen LogP contribution in [0.2, 0.25) is 0 Å². The lowest BCUT2D eigenvalue weighted by Gasteiger charge is -2.10. The highest BCUT2D eigenvalue weighted by atomic mass is 32.2.